The van der Waals surface area contributed by atoms with Gasteiger partial charge in [0.1, 0.15) is 5.75 Å². The summed E-state index contributed by atoms with van der Waals surface area (Å²) in [5, 5.41) is 20.3. The number of benzene rings is 2. The Bertz CT molecular complexity index is 815. The number of aromatic hydroxyl groups is 1. The molecule has 0 spiro atoms. The highest BCUT2D eigenvalue weighted by Crippen LogP contribution is 2.23. The van der Waals surface area contributed by atoms with Crippen LogP contribution in [0.1, 0.15) is 0 Å². The van der Waals surface area contributed by atoms with Gasteiger partial charge < -0.3 is 10.4 Å². The third-order valence-corrected chi connectivity index (χ3v) is 2.90. The van der Waals surface area contributed by atoms with Gasteiger partial charge in [-0.1, -0.05) is 42.5 Å². The molecule has 1 heterocycles. The fourth-order valence-electron chi connectivity index (χ4n) is 1.89. The largest absolute Gasteiger partial charge is 0.506 e. The normalized spacial score (nSPS) is 10.3. The molecule has 104 valence electrons. The summed E-state index contributed by atoms with van der Waals surface area (Å²) in [6, 6.07) is 15.7. The van der Waals surface area contributed by atoms with E-state index < -0.39 is 0 Å². The number of phenolic OH excluding ortho intramolecular Hbond substituents is 1. The van der Waals surface area contributed by atoms with Gasteiger partial charge in [-0.25, -0.2) is 0 Å². The van der Waals surface area contributed by atoms with Crippen LogP contribution in [0.3, 0.4) is 0 Å². The van der Waals surface area contributed by atoms with Crippen molar-refractivity contribution in [2.24, 2.45) is 0 Å². The molecule has 0 aliphatic heterocycles. The standard InChI is InChI=1S/C15H12N4O2/c20-12-9-5-4-8-11(12)16-15-17-14(21)13(18-19-15)10-6-2-1-3-7-10/h1-9,20H,(H2,16,17,19,21). The maximum Gasteiger partial charge on any atom is 0.279 e. The molecule has 6 nitrogen and oxygen atoms in total. The molecule has 0 saturated heterocycles. The second-order valence-corrected chi connectivity index (χ2v) is 4.36. The molecule has 21 heavy (non-hydrogen) atoms. The number of nitrogens with one attached hydrogen (secondary N) is 2. The highest BCUT2D eigenvalue weighted by molar-refractivity contribution is 5.62. The first-order valence-corrected chi connectivity index (χ1v) is 6.31. The number of nitrogens with zero attached hydrogens (tertiary/aromatic N) is 2. The van der Waals surface area contributed by atoms with E-state index >= 15 is 0 Å². The zero-order valence-electron chi connectivity index (χ0n) is 10.9. The first-order valence-electron chi connectivity index (χ1n) is 6.31. The van der Waals surface area contributed by atoms with Crippen molar-refractivity contribution in [2.45, 2.75) is 0 Å². The molecule has 0 saturated carbocycles. The van der Waals surface area contributed by atoms with Crippen molar-refractivity contribution >= 4 is 11.6 Å². The van der Waals surface area contributed by atoms with Crippen molar-refractivity contribution in [3.05, 3.63) is 65.0 Å². The molecular weight excluding hydrogens is 268 g/mol. The first-order chi connectivity index (χ1) is 10.2. The molecular formula is C15H12N4O2. The number of aromatic amines is 1. The van der Waals surface area contributed by atoms with E-state index in [0.717, 1.165) is 0 Å². The number of aromatic nitrogens is 3. The lowest BCUT2D eigenvalue weighted by Gasteiger charge is -2.06. The number of hydrogen-bond donors (Lipinski definition) is 3. The van der Waals surface area contributed by atoms with Crippen LogP contribution in [-0.2, 0) is 0 Å². The quantitative estimate of drug-likeness (QED) is 0.640. The van der Waals surface area contributed by atoms with E-state index in [2.05, 4.69) is 20.5 Å². The second kappa shape index (κ2) is 5.46. The molecule has 3 aromatic rings. The van der Waals surface area contributed by atoms with E-state index in [-0.39, 0.29) is 23.0 Å². The Labute approximate surface area is 120 Å². The Morgan fingerprint density at radius 2 is 1.67 bits per heavy atom. The molecule has 0 fully saturated rings. The van der Waals surface area contributed by atoms with Gasteiger partial charge in [-0.05, 0) is 12.1 Å². The molecule has 0 bridgehead atoms. The average Bonchev–Trinajstić information content (AvgIpc) is 2.51. The van der Waals surface area contributed by atoms with Crippen molar-refractivity contribution in [3.8, 4) is 17.0 Å². The lowest BCUT2D eigenvalue weighted by atomic mass is 10.2. The summed E-state index contributed by atoms with van der Waals surface area (Å²) < 4.78 is 0. The Hall–Kier alpha value is -3.15. The molecule has 3 N–H and O–H groups in total. The summed E-state index contributed by atoms with van der Waals surface area (Å²) in [6.07, 6.45) is 0. The van der Waals surface area contributed by atoms with Crippen LogP contribution in [0.15, 0.2) is 59.4 Å². The summed E-state index contributed by atoms with van der Waals surface area (Å²) >= 11 is 0. The maximum atomic E-state index is 12.1. The smallest absolute Gasteiger partial charge is 0.279 e. The van der Waals surface area contributed by atoms with Crippen molar-refractivity contribution in [1.82, 2.24) is 15.2 Å². The van der Waals surface area contributed by atoms with Crippen molar-refractivity contribution in [2.75, 3.05) is 5.32 Å². The zero-order chi connectivity index (χ0) is 14.7. The van der Waals surface area contributed by atoms with E-state index in [0.29, 0.717) is 11.3 Å². The van der Waals surface area contributed by atoms with Crippen LogP contribution < -0.4 is 10.9 Å². The van der Waals surface area contributed by atoms with Gasteiger partial charge in [-0.2, -0.15) is 0 Å². The van der Waals surface area contributed by atoms with Crippen molar-refractivity contribution in [1.29, 1.82) is 0 Å². The van der Waals surface area contributed by atoms with Crippen LogP contribution in [0.5, 0.6) is 5.75 Å². The molecule has 6 heteroatoms. The lowest BCUT2D eigenvalue weighted by molar-refractivity contribution is 0.477. The minimum Gasteiger partial charge on any atom is -0.506 e. The second-order valence-electron chi connectivity index (χ2n) is 4.36. The van der Waals surface area contributed by atoms with E-state index in [4.69, 9.17) is 0 Å². The Balaban J connectivity index is 1.92. The van der Waals surface area contributed by atoms with Crippen LogP contribution >= 0.6 is 0 Å². The lowest BCUT2D eigenvalue weighted by Crippen LogP contribution is -2.15. The van der Waals surface area contributed by atoms with Crippen LogP contribution in [0.25, 0.3) is 11.3 Å². The summed E-state index contributed by atoms with van der Waals surface area (Å²) in [5.41, 5.74) is 1.03. The van der Waals surface area contributed by atoms with Crippen LogP contribution in [0, 0.1) is 0 Å². The highest BCUT2D eigenvalue weighted by atomic mass is 16.3. The highest BCUT2D eigenvalue weighted by Gasteiger charge is 2.08. The van der Waals surface area contributed by atoms with Gasteiger partial charge >= 0.3 is 0 Å². The molecule has 2 aromatic carbocycles. The Morgan fingerprint density at radius 1 is 0.952 bits per heavy atom. The van der Waals surface area contributed by atoms with Crippen molar-refractivity contribution < 1.29 is 5.11 Å². The summed E-state index contributed by atoms with van der Waals surface area (Å²) in [7, 11) is 0. The molecule has 0 amide bonds. The van der Waals surface area contributed by atoms with E-state index in [1.807, 2.05) is 18.2 Å². The summed E-state index contributed by atoms with van der Waals surface area (Å²) in [6.45, 7) is 0. The number of para-hydroxylation sites is 2. The molecule has 0 aliphatic rings. The van der Waals surface area contributed by atoms with Gasteiger partial charge in [-0.15, -0.1) is 10.2 Å². The van der Waals surface area contributed by atoms with Gasteiger partial charge in [-0.3, -0.25) is 9.78 Å². The van der Waals surface area contributed by atoms with Crippen LogP contribution in [0.2, 0.25) is 0 Å². The fraction of sp³-hybridized carbons (Fsp3) is 0. The van der Waals surface area contributed by atoms with Crippen molar-refractivity contribution in [3.63, 3.8) is 0 Å². The predicted molar refractivity (Wildman–Crippen MR) is 79.5 cm³/mol. The summed E-state index contributed by atoms with van der Waals surface area (Å²) in [5.74, 6) is 0.230. The molecule has 3 rings (SSSR count). The molecule has 1 aromatic heterocycles. The number of rotatable bonds is 3. The Kier molecular flexibility index (Phi) is 3.34. The minimum atomic E-state index is -0.353. The van der Waals surface area contributed by atoms with E-state index in [9.17, 15) is 9.90 Å². The molecule has 0 radical (unpaired) electrons. The van der Waals surface area contributed by atoms with Gasteiger partial charge in [0, 0.05) is 5.56 Å². The third-order valence-electron chi connectivity index (χ3n) is 2.90. The van der Waals surface area contributed by atoms with Crippen LogP contribution in [-0.4, -0.2) is 20.3 Å². The number of H-pyrrole nitrogens is 1. The SMILES string of the molecule is O=c1[nH]c(Nc2ccccc2O)nnc1-c1ccccc1. The molecule has 0 aliphatic carbocycles. The van der Waals surface area contributed by atoms with Crippen LogP contribution in [0.4, 0.5) is 11.6 Å². The van der Waals surface area contributed by atoms with E-state index in [1.54, 1.807) is 30.3 Å². The Morgan fingerprint density at radius 3 is 2.38 bits per heavy atom. The van der Waals surface area contributed by atoms with Gasteiger partial charge in [0.2, 0.25) is 5.95 Å². The average molecular weight is 280 g/mol. The molecule has 0 atom stereocenters. The fourth-order valence-corrected chi connectivity index (χ4v) is 1.89. The topological polar surface area (TPSA) is 90.9 Å². The van der Waals surface area contributed by atoms with E-state index in [1.165, 1.54) is 6.07 Å². The first kappa shape index (κ1) is 12.9. The van der Waals surface area contributed by atoms with Gasteiger partial charge in [0.05, 0.1) is 5.69 Å². The van der Waals surface area contributed by atoms with Gasteiger partial charge in [0.15, 0.2) is 5.69 Å². The predicted octanol–water partition coefficient (Wildman–Crippen LogP) is 2.28. The van der Waals surface area contributed by atoms with Gasteiger partial charge in [0.25, 0.3) is 5.56 Å². The maximum absolute atomic E-state index is 12.1. The number of hydrogen-bond acceptors (Lipinski definition) is 5. The minimum absolute atomic E-state index is 0.0623. The third kappa shape index (κ3) is 2.74. The number of phenols is 1. The zero-order valence-corrected chi connectivity index (χ0v) is 10.9. The molecule has 0 unspecified atom stereocenters. The monoisotopic (exact) mass is 280 g/mol. The number of anilines is 2. The summed E-state index contributed by atoms with van der Waals surface area (Å²) in [4.78, 5) is 14.7.